The van der Waals surface area contributed by atoms with Gasteiger partial charge in [-0.15, -0.1) is 0 Å². The molecule has 0 saturated carbocycles. The Morgan fingerprint density at radius 2 is 2.00 bits per heavy atom. The van der Waals surface area contributed by atoms with E-state index < -0.39 is 0 Å². The van der Waals surface area contributed by atoms with Crippen LogP contribution in [0, 0.1) is 5.82 Å². The Hall–Kier alpha value is -1.62. The molecule has 0 saturated heterocycles. The summed E-state index contributed by atoms with van der Waals surface area (Å²) in [6.07, 6.45) is 0.825. The number of halogens is 1. The molecule has 2 rings (SSSR count). The van der Waals surface area contributed by atoms with Gasteiger partial charge in [-0.1, -0.05) is 6.92 Å². The van der Waals surface area contributed by atoms with E-state index in [2.05, 4.69) is 17.7 Å². The summed E-state index contributed by atoms with van der Waals surface area (Å²) in [6, 6.07) is 7.79. The van der Waals surface area contributed by atoms with Crippen LogP contribution >= 0.6 is 12.6 Å². The van der Waals surface area contributed by atoms with E-state index in [1.165, 1.54) is 16.8 Å². The fourth-order valence-electron chi connectivity index (χ4n) is 1.84. The molecular formula is C14H15FN2OS. The first-order valence-corrected chi connectivity index (χ1v) is 6.76. The van der Waals surface area contributed by atoms with Gasteiger partial charge in [-0.25, -0.2) is 9.07 Å². The molecule has 2 aromatic rings. The van der Waals surface area contributed by atoms with Crippen molar-refractivity contribution in [2.45, 2.75) is 25.6 Å². The highest BCUT2D eigenvalue weighted by Gasteiger charge is 2.08. The zero-order valence-electron chi connectivity index (χ0n) is 10.6. The van der Waals surface area contributed by atoms with Crippen molar-refractivity contribution >= 4 is 12.6 Å². The molecule has 3 nitrogen and oxygen atoms in total. The minimum absolute atomic E-state index is 0.109. The fraction of sp³-hybridized carbons (Fsp3) is 0.286. The van der Waals surface area contributed by atoms with E-state index in [1.807, 2.05) is 6.92 Å². The van der Waals surface area contributed by atoms with E-state index in [4.69, 9.17) is 0 Å². The van der Waals surface area contributed by atoms with E-state index in [-0.39, 0.29) is 11.4 Å². The molecule has 1 heterocycles. The predicted molar refractivity (Wildman–Crippen MR) is 76.9 cm³/mol. The topological polar surface area (TPSA) is 34.9 Å². The minimum Gasteiger partial charge on any atom is -0.267 e. The summed E-state index contributed by atoms with van der Waals surface area (Å²) in [5.41, 5.74) is 1.94. The highest BCUT2D eigenvalue weighted by atomic mass is 32.1. The van der Waals surface area contributed by atoms with Crippen LogP contribution in [-0.4, -0.2) is 9.78 Å². The molecule has 0 unspecified atom stereocenters. The maximum atomic E-state index is 12.9. The van der Waals surface area contributed by atoms with Crippen LogP contribution < -0.4 is 5.56 Å². The fourth-order valence-corrected chi connectivity index (χ4v) is 2.06. The third-order valence-corrected chi connectivity index (χ3v) is 3.13. The quantitative estimate of drug-likeness (QED) is 0.873. The van der Waals surface area contributed by atoms with Gasteiger partial charge in [0.2, 0.25) is 0 Å². The van der Waals surface area contributed by atoms with Gasteiger partial charge in [0.05, 0.1) is 5.69 Å². The van der Waals surface area contributed by atoms with Crippen molar-refractivity contribution in [1.29, 1.82) is 0 Å². The van der Waals surface area contributed by atoms with Crippen LogP contribution in [-0.2, 0) is 12.3 Å². The first-order valence-electron chi connectivity index (χ1n) is 6.13. The Kier molecular flexibility index (Phi) is 4.37. The second kappa shape index (κ2) is 6.02. The molecular weight excluding hydrogens is 263 g/mol. The van der Waals surface area contributed by atoms with Gasteiger partial charge in [-0.05, 0) is 36.8 Å². The Bertz CT molecular complexity index is 622. The van der Waals surface area contributed by atoms with Crippen molar-refractivity contribution < 1.29 is 4.39 Å². The summed E-state index contributed by atoms with van der Waals surface area (Å²) < 4.78 is 14.4. The number of thiol groups is 1. The van der Waals surface area contributed by atoms with Crippen LogP contribution in [0.2, 0.25) is 0 Å². The summed E-state index contributed by atoms with van der Waals surface area (Å²) in [6.45, 7) is 2.55. The lowest BCUT2D eigenvalue weighted by Gasteiger charge is -2.09. The second-order valence-corrected chi connectivity index (χ2v) is 4.56. The maximum absolute atomic E-state index is 12.9. The van der Waals surface area contributed by atoms with Crippen molar-refractivity contribution in [3.63, 3.8) is 0 Å². The number of rotatable bonds is 4. The van der Waals surface area contributed by atoms with E-state index in [1.54, 1.807) is 18.2 Å². The van der Waals surface area contributed by atoms with E-state index in [9.17, 15) is 9.18 Å². The summed E-state index contributed by atoms with van der Waals surface area (Å²) in [7, 11) is 0. The van der Waals surface area contributed by atoms with Gasteiger partial charge in [-0.2, -0.15) is 17.7 Å². The average molecular weight is 278 g/mol. The molecule has 5 heteroatoms. The van der Waals surface area contributed by atoms with Crippen LogP contribution in [0.25, 0.3) is 11.3 Å². The third kappa shape index (κ3) is 3.04. The molecule has 0 radical (unpaired) electrons. The maximum Gasteiger partial charge on any atom is 0.270 e. The number of hydrogen-bond acceptors (Lipinski definition) is 3. The van der Waals surface area contributed by atoms with E-state index >= 15 is 0 Å². The molecule has 0 bridgehead atoms. The molecule has 0 fully saturated rings. The standard InChI is InChI=1S/C14H15FN2OS/c1-2-7-17-14(18)11(9-19)8-13(16-17)10-3-5-12(15)6-4-10/h3-6,8,19H,2,7,9H2,1H3. The predicted octanol–water partition coefficient (Wildman–Crippen LogP) is 2.89. The number of benzene rings is 1. The number of hydrogen-bond donors (Lipinski definition) is 1. The van der Waals surface area contributed by atoms with Crippen LogP contribution in [0.3, 0.4) is 0 Å². The summed E-state index contributed by atoms with van der Waals surface area (Å²) in [5, 5.41) is 4.32. The molecule has 0 aliphatic heterocycles. The van der Waals surface area contributed by atoms with Crippen LogP contribution in [0.5, 0.6) is 0 Å². The zero-order chi connectivity index (χ0) is 13.8. The Morgan fingerprint density at radius 3 is 2.58 bits per heavy atom. The van der Waals surface area contributed by atoms with Gasteiger partial charge < -0.3 is 0 Å². The van der Waals surface area contributed by atoms with Crippen LogP contribution in [0.15, 0.2) is 35.1 Å². The summed E-state index contributed by atoms with van der Waals surface area (Å²) in [5.74, 6) is 0.0688. The van der Waals surface area contributed by atoms with Crippen molar-refractivity contribution in [1.82, 2.24) is 9.78 Å². The lowest BCUT2D eigenvalue weighted by molar-refractivity contribution is 0.567. The van der Waals surface area contributed by atoms with Crippen molar-refractivity contribution in [3.8, 4) is 11.3 Å². The highest BCUT2D eigenvalue weighted by Crippen LogP contribution is 2.17. The zero-order valence-corrected chi connectivity index (χ0v) is 11.5. The van der Waals surface area contributed by atoms with Crippen LogP contribution in [0.4, 0.5) is 4.39 Å². The first kappa shape index (κ1) is 13.8. The summed E-state index contributed by atoms with van der Waals surface area (Å²) >= 11 is 4.17. The lowest BCUT2D eigenvalue weighted by Crippen LogP contribution is -2.26. The van der Waals surface area contributed by atoms with Gasteiger partial charge in [-0.3, -0.25) is 4.79 Å². The second-order valence-electron chi connectivity index (χ2n) is 4.25. The SMILES string of the molecule is CCCn1nc(-c2ccc(F)cc2)cc(CS)c1=O. The molecule has 1 aromatic carbocycles. The van der Waals surface area contributed by atoms with Crippen molar-refractivity contribution in [2.75, 3.05) is 0 Å². The normalized spacial score (nSPS) is 10.7. The summed E-state index contributed by atoms with van der Waals surface area (Å²) in [4.78, 5) is 12.0. The van der Waals surface area contributed by atoms with Gasteiger partial charge in [0, 0.05) is 23.4 Å². The number of nitrogens with zero attached hydrogens (tertiary/aromatic N) is 2. The minimum atomic E-state index is -0.292. The Balaban J connectivity index is 2.54. The van der Waals surface area contributed by atoms with E-state index in [0.717, 1.165) is 12.0 Å². The molecule has 19 heavy (non-hydrogen) atoms. The molecule has 0 amide bonds. The van der Waals surface area contributed by atoms with Gasteiger partial charge in [0.25, 0.3) is 5.56 Å². The number of aryl methyl sites for hydroxylation is 1. The monoisotopic (exact) mass is 278 g/mol. The van der Waals surface area contributed by atoms with Gasteiger partial charge >= 0.3 is 0 Å². The van der Waals surface area contributed by atoms with Crippen LogP contribution in [0.1, 0.15) is 18.9 Å². The molecule has 0 aliphatic rings. The third-order valence-electron chi connectivity index (χ3n) is 2.79. The lowest BCUT2D eigenvalue weighted by atomic mass is 10.1. The molecule has 0 aliphatic carbocycles. The van der Waals surface area contributed by atoms with Gasteiger partial charge in [0.1, 0.15) is 5.82 Å². The van der Waals surface area contributed by atoms with Crippen molar-refractivity contribution in [2.24, 2.45) is 0 Å². The first-order chi connectivity index (χ1) is 9.15. The molecule has 0 spiro atoms. The molecule has 0 atom stereocenters. The highest BCUT2D eigenvalue weighted by molar-refractivity contribution is 7.79. The van der Waals surface area contributed by atoms with Gasteiger partial charge in [0.15, 0.2) is 0 Å². The Morgan fingerprint density at radius 1 is 1.32 bits per heavy atom. The molecule has 0 N–H and O–H groups in total. The van der Waals surface area contributed by atoms with Crippen molar-refractivity contribution in [3.05, 3.63) is 52.1 Å². The average Bonchev–Trinajstić information content (AvgIpc) is 2.42. The number of aromatic nitrogens is 2. The molecule has 1 aromatic heterocycles. The largest absolute Gasteiger partial charge is 0.270 e. The van der Waals surface area contributed by atoms with E-state index in [0.29, 0.717) is 23.6 Å². The molecule has 100 valence electrons. The smallest absolute Gasteiger partial charge is 0.267 e. The Labute approximate surface area is 116 Å².